The van der Waals surface area contributed by atoms with Crippen LogP contribution in [-0.4, -0.2) is 47.4 Å². The maximum Gasteiger partial charge on any atom is 0.281 e. The summed E-state index contributed by atoms with van der Waals surface area (Å²) < 4.78 is 86.0. The summed E-state index contributed by atoms with van der Waals surface area (Å²) in [5.41, 5.74) is 6.34. The Hall–Kier alpha value is -3.73. The number of carbonyl (C=O) groups is 1. The number of nitrogens with one attached hydrogen (secondary N) is 1. The Kier molecular flexibility index (Phi) is 4.95. The fourth-order valence-corrected chi connectivity index (χ4v) is 5.04. The summed E-state index contributed by atoms with van der Waals surface area (Å²) in [6, 6.07) is 9.55. The average molecular weight is 518 g/mol. The quantitative estimate of drug-likeness (QED) is 0.482. The first-order chi connectivity index (χ1) is 19.8. The second kappa shape index (κ2) is 10.1. The number of aromatic nitrogens is 3. The zero-order valence-electron chi connectivity index (χ0n) is 26.6. The molecule has 1 aliphatic heterocycles. The van der Waals surface area contributed by atoms with Crippen molar-refractivity contribution in [1.82, 2.24) is 19.7 Å². The van der Waals surface area contributed by atoms with Crippen LogP contribution in [0.4, 0.5) is 11.6 Å². The lowest BCUT2D eigenvalue weighted by atomic mass is 10.1. The minimum Gasteiger partial charge on any atom is -0.475 e. The smallest absolute Gasteiger partial charge is 0.281 e. The van der Waals surface area contributed by atoms with E-state index in [0.717, 1.165) is 12.8 Å². The Morgan fingerprint density at radius 1 is 1.17 bits per heavy atom. The fraction of sp³-hybridized carbons (Fsp3) is 0.360. The highest BCUT2D eigenvalue weighted by Gasteiger charge is 2.33. The van der Waals surface area contributed by atoms with Gasteiger partial charge in [-0.25, -0.2) is 19.7 Å². The number of nitrogens with two attached hydrogens (primary N) is 1. The van der Waals surface area contributed by atoms with Crippen molar-refractivity contribution in [3.05, 3.63) is 54.2 Å². The van der Waals surface area contributed by atoms with Gasteiger partial charge in [0.1, 0.15) is 11.6 Å². The van der Waals surface area contributed by atoms with Crippen LogP contribution in [0.5, 0.6) is 5.88 Å². The van der Waals surface area contributed by atoms with Crippen LogP contribution in [0.3, 0.4) is 0 Å². The van der Waals surface area contributed by atoms with Gasteiger partial charge in [-0.3, -0.25) is 4.79 Å². The molecule has 11 heteroatoms. The first-order valence-corrected chi connectivity index (χ1v) is 12.6. The van der Waals surface area contributed by atoms with Crippen molar-refractivity contribution in [1.29, 1.82) is 0 Å². The molecule has 190 valence electrons. The number of nitrogens with zero attached hydrogens (tertiary/aromatic N) is 4. The van der Waals surface area contributed by atoms with E-state index in [0.29, 0.717) is 11.3 Å². The SMILES string of the molecule is [2H]C([2H])([2H])C([2H])(Oc1ccc(-c2ccc(C(=O)NS(=O)(=O)c3cccc(N)n3)c(N3[C@H](C)CC[C@@H]3C)n2)cn1)C([2H])([2H])[2H]. The fourth-order valence-electron chi connectivity index (χ4n) is 4.10. The largest absolute Gasteiger partial charge is 0.475 e. The van der Waals surface area contributed by atoms with Gasteiger partial charge in [0.05, 0.1) is 18.7 Å². The third-order valence-corrected chi connectivity index (χ3v) is 7.03. The molecule has 0 unspecified atom stereocenters. The zero-order valence-corrected chi connectivity index (χ0v) is 20.4. The predicted octanol–water partition coefficient (Wildman–Crippen LogP) is 3.40. The van der Waals surface area contributed by atoms with E-state index in [4.69, 9.17) is 20.1 Å². The molecule has 3 aromatic heterocycles. The van der Waals surface area contributed by atoms with Crippen molar-refractivity contribution in [3.63, 3.8) is 0 Å². The molecule has 4 rings (SSSR count). The number of rotatable bonds is 7. The van der Waals surface area contributed by atoms with Gasteiger partial charge in [-0.2, -0.15) is 8.42 Å². The number of nitrogen functional groups attached to an aromatic ring is 1. The van der Waals surface area contributed by atoms with Crippen LogP contribution in [0.2, 0.25) is 0 Å². The summed E-state index contributed by atoms with van der Waals surface area (Å²) in [4.78, 5) is 27.7. The van der Waals surface area contributed by atoms with Crippen LogP contribution in [0.1, 0.15) is 60.3 Å². The van der Waals surface area contributed by atoms with Gasteiger partial charge in [0.15, 0.2) is 5.03 Å². The van der Waals surface area contributed by atoms with Crippen LogP contribution < -0.4 is 20.1 Å². The molecule has 3 N–H and O–H groups in total. The van der Waals surface area contributed by atoms with Crippen LogP contribution >= 0.6 is 0 Å². The van der Waals surface area contributed by atoms with E-state index in [9.17, 15) is 13.2 Å². The topological polar surface area (TPSA) is 140 Å². The molecule has 0 radical (unpaired) electrons. The summed E-state index contributed by atoms with van der Waals surface area (Å²) in [6.45, 7) is -2.68. The van der Waals surface area contributed by atoms with Crippen LogP contribution in [0.15, 0.2) is 53.7 Å². The van der Waals surface area contributed by atoms with Gasteiger partial charge in [-0.15, -0.1) is 0 Å². The molecule has 1 aliphatic rings. The molecule has 1 saturated heterocycles. The van der Waals surface area contributed by atoms with Gasteiger partial charge >= 0.3 is 0 Å². The van der Waals surface area contributed by atoms with Gasteiger partial charge < -0.3 is 15.4 Å². The van der Waals surface area contributed by atoms with Gasteiger partial charge in [-0.05, 0) is 70.7 Å². The van der Waals surface area contributed by atoms with E-state index in [1.807, 2.05) is 23.5 Å². The standard InChI is InChI=1S/C25H30N6O4S/c1-15(2)35-22-13-10-18(14-27-22)20-12-11-19(24(28-20)31-16(3)8-9-17(31)4)25(32)30-36(33,34)23-7-5-6-21(26)29-23/h5-7,10-17H,8-9H2,1-4H3,(H2,26,29)(H,30,32)/t16-,17+/i1D3,2D3,15D. The van der Waals surface area contributed by atoms with Gasteiger partial charge in [-0.1, -0.05) is 6.07 Å². The summed E-state index contributed by atoms with van der Waals surface area (Å²) in [6.07, 6.45) is -0.365. The molecule has 0 bridgehead atoms. The molecular formula is C25H30N6O4S. The normalized spacial score (nSPS) is 21.7. The Morgan fingerprint density at radius 3 is 2.56 bits per heavy atom. The minimum atomic E-state index is -4.36. The highest BCUT2D eigenvalue weighted by atomic mass is 32.2. The molecule has 36 heavy (non-hydrogen) atoms. The average Bonchev–Trinajstić information content (AvgIpc) is 3.24. The Balaban J connectivity index is 1.69. The van der Waals surface area contributed by atoms with Crippen molar-refractivity contribution >= 4 is 27.6 Å². The first kappa shape index (κ1) is 17.7. The molecule has 0 aliphatic carbocycles. The molecule has 0 aromatic carbocycles. The first-order valence-electron chi connectivity index (χ1n) is 14.6. The van der Waals surface area contributed by atoms with Crippen molar-refractivity contribution in [2.75, 3.05) is 10.6 Å². The van der Waals surface area contributed by atoms with Crippen molar-refractivity contribution in [2.24, 2.45) is 0 Å². The number of anilines is 2. The molecule has 3 aromatic rings. The summed E-state index contributed by atoms with van der Waals surface area (Å²) >= 11 is 0. The maximum absolute atomic E-state index is 13.3. The second-order valence-corrected chi connectivity index (χ2v) is 10.0. The Labute approximate surface area is 220 Å². The van der Waals surface area contributed by atoms with E-state index in [1.54, 1.807) is 0 Å². The van der Waals surface area contributed by atoms with Crippen molar-refractivity contribution < 1.29 is 27.5 Å². The highest BCUT2D eigenvalue weighted by molar-refractivity contribution is 7.90. The van der Waals surface area contributed by atoms with E-state index < -0.39 is 46.6 Å². The monoisotopic (exact) mass is 517 g/mol. The third-order valence-electron chi connectivity index (χ3n) is 5.80. The number of hydrogen-bond acceptors (Lipinski definition) is 9. The summed E-state index contributed by atoms with van der Waals surface area (Å²) in [5.74, 6) is -1.12. The van der Waals surface area contributed by atoms with E-state index in [1.165, 1.54) is 48.7 Å². The highest BCUT2D eigenvalue weighted by Crippen LogP contribution is 2.33. The van der Waals surface area contributed by atoms with E-state index in [2.05, 4.69) is 15.0 Å². The lowest BCUT2D eigenvalue weighted by Crippen LogP contribution is -2.37. The number of amides is 1. The van der Waals surface area contributed by atoms with E-state index in [-0.39, 0.29) is 29.3 Å². The number of pyridine rings is 3. The van der Waals surface area contributed by atoms with Crippen molar-refractivity contribution in [3.8, 4) is 17.1 Å². The molecule has 1 amide bonds. The summed E-state index contributed by atoms with van der Waals surface area (Å²) in [7, 11) is -4.36. The minimum absolute atomic E-state index is 0.000847. The number of sulfonamides is 1. The van der Waals surface area contributed by atoms with Gasteiger partial charge in [0.25, 0.3) is 15.9 Å². The van der Waals surface area contributed by atoms with E-state index >= 15 is 0 Å². The Bertz CT molecular complexity index is 1590. The number of ether oxygens (including phenoxy) is 1. The van der Waals surface area contributed by atoms with Crippen LogP contribution in [0.25, 0.3) is 11.3 Å². The van der Waals surface area contributed by atoms with Crippen LogP contribution in [0, 0.1) is 0 Å². The van der Waals surface area contributed by atoms with Gasteiger partial charge in [0.2, 0.25) is 5.88 Å². The zero-order chi connectivity index (χ0) is 32.0. The molecule has 1 fully saturated rings. The molecular weight excluding hydrogens is 480 g/mol. The molecule has 2 atom stereocenters. The molecule has 0 spiro atoms. The van der Waals surface area contributed by atoms with Crippen LogP contribution in [-0.2, 0) is 10.0 Å². The number of carbonyl (C=O) groups excluding carboxylic acids is 1. The van der Waals surface area contributed by atoms with Crippen molar-refractivity contribution in [2.45, 2.75) is 63.6 Å². The third kappa shape index (κ3) is 5.40. The predicted molar refractivity (Wildman–Crippen MR) is 137 cm³/mol. The maximum atomic E-state index is 13.3. The molecule has 4 heterocycles. The lowest BCUT2D eigenvalue weighted by Gasteiger charge is -2.29. The Morgan fingerprint density at radius 2 is 1.92 bits per heavy atom. The summed E-state index contributed by atoms with van der Waals surface area (Å²) in [5, 5.41) is -0.419. The molecule has 10 nitrogen and oxygen atoms in total. The lowest BCUT2D eigenvalue weighted by molar-refractivity contribution is 0.0981. The molecule has 0 saturated carbocycles. The number of hydrogen-bond donors (Lipinski definition) is 2. The van der Waals surface area contributed by atoms with Gasteiger partial charge in [0, 0.05) is 38.1 Å². The second-order valence-electron chi connectivity index (χ2n) is 8.40.